The average molecular weight is 290 g/mol. The Morgan fingerprint density at radius 1 is 0.864 bits per heavy atom. The molecule has 3 aromatic rings. The predicted molar refractivity (Wildman–Crippen MR) is 90.3 cm³/mol. The number of benzene rings is 2. The molecule has 2 N–H and O–H groups in total. The molecular weight excluding hydrogens is 272 g/mol. The maximum absolute atomic E-state index is 4.26. The lowest BCUT2D eigenvalue weighted by atomic mass is 10.1. The molecule has 0 radical (unpaired) electrons. The highest BCUT2D eigenvalue weighted by Crippen LogP contribution is 2.16. The topological polar surface area (TPSA) is 49.8 Å². The minimum atomic E-state index is 0.745. The summed E-state index contributed by atoms with van der Waals surface area (Å²) in [4.78, 5) is 8.51. The normalized spacial score (nSPS) is 10.2. The van der Waals surface area contributed by atoms with Gasteiger partial charge in [0.05, 0.1) is 0 Å². The summed E-state index contributed by atoms with van der Waals surface area (Å²) in [5.41, 5.74) is 3.54. The van der Waals surface area contributed by atoms with Crippen LogP contribution < -0.4 is 10.6 Å². The number of aryl methyl sites for hydroxylation is 1. The molecule has 0 aliphatic heterocycles. The minimum absolute atomic E-state index is 0.745. The van der Waals surface area contributed by atoms with Gasteiger partial charge in [0.25, 0.3) is 0 Å². The summed E-state index contributed by atoms with van der Waals surface area (Å²) in [5, 5.41) is 6.60. The molecule has 0 fully saturated rings. The van der Waals surface area contributed by atoms with Gasteiger partial charge < -0.3 is 10.6 Å². The lowest BCUT2D eigenvalue weighted by Gasteiger charge is -2.10. The Balaban J connectivity index is 1.68. The number of para-hydroxylation sites is 1. The van der Waals surface area contributed by atoms with Crippen LogP contribution in [0, 0.1) is 6.92 Å². The summed E-state index contributed by atoms with van der Waals surface area (Å²) in [5.74, 6) is 1.57. The molecule has 0 unspecified atom stereocenters. The van der Waals surface area contributed by atoms with E-state index in [1.165, 1.54) is 11.1 Å². The molecule has 0 bridgehead atoms. The second kappa shape index (κ2) is 6.72. The zero-order valence-corrected chi connectivity index (χ0v) is 12.5. The van der Waals surface area contributed by atoms with E-state index in [4.69, 9.17) is 0 Å². The molecule has 0 aliphatic rings. The Morgan fingerprint density at radius 3 is 2.41 bits per heavy atom. The van der Waals surface area contributed by atoms with Gasteiger partial charge in [-0.25, -0.2) is 9.97 Å². The van der Waals surface area contributed by atoms with Gasteiger partial charge in [0.15, 0.2) is 0 Å². The molecule has 4 nitrogen and oxygen atoms in total. The maximum atomic E-state index is 4.26. The van der Waals surface area contributed by atoms with E-state index in [1.54, 1.807) is 6.33 Å². The van der Waals surface area contributed by atoms with Crippen LogP contribution in [0.3, 0.4) is 0 Å². The Bertz CT molecular complexity index is 741. The van der Waals surface area contributed by atoms with E-state index in [1.807, 2.05) is 48.5 Å². The lowest BCUT2D eigenvalue weighted by molar-refractivity contribution is 1.07. The van der Waals surface area contributed by atoms with E-state index in [9.17, 15) is 0 Å². The van der Waals surface area contributed by atoms with Gasteiger partial charge in [-0.15, -0.1) is 0 Å². The molecule has 110 valence electrons. The zero-order chi connectivity index (χ0) is 15.2. The SMILES string of the molecule is Cc1ccccc1CNc1cc(Nc2ccccc2)ncn1. The molecular formula is C18H18N4. The fourth-order valence-electron chi connectivity index (χ4n) is 2.19. The first-order valence-corrected chi connectivity index (χ1v) is 7.24. The Labute approximate surface area is 130 Å². The van der Waals surface area contributed by atoms with Crippen LogP contribution in [0.5, 0.6) is 0 Å². The number of rotatable bonds is 5. The van der Waals surface area contributed by atoms with Crippen LogP contribution >= 0.6 is 0 Å². The highest BCUT2D eigenvalue weighted by Gasteiger charge is 2.01. The number of nitrogens with one attached hydrogen (secondary N) is 2. The molecule has 0 saturated carbocycles. The molecule has 22 heavy (non-hydrogen) atoms. The molecule has 1 heterocycles. The molecule has 0 amide bonds. The van der Waals surface area contributed by atoms with Crippen LogP contribution in [0.4, 0.5) is 17.3 Å². The van der Waals surface area contributed by atoms with Gasteiger partial charge in [0.1, 0.15) is 18.0 Å². The van der Waals surface area contributed by atoms with Crippen LogP contribution in [-0.4, -0.2) is 9.97 Å². The van der Waals surface area contributed by atoms with Crippen molar-refractivity contribution < 1.29 is 0 Å². The van der Waals surface area contributed by atoms with Crippen molar-refractivity contribution >= 4 is 17.3 Å². The second-order valence-corrected chi connectivity index (χ2v) is 5.06. The van der Waals surface area contributed by atoms with Crippen molar-refractivity contribution in [2.75, 3.05) is 10.6 Å². The van der Waals surface area contributed by atoms with Gasteiger partial charge in [0, 0.05) is 18.3 Å². The summed E-state index contributed by atoms with van der Waals surface area (Å²) in [6.45, 7) is 2.86. The number of hydrogen-bond donors (Lipinski definition) is 2. The van der Waals surface area contributed by atoms with Crippen molar-refractivity contribution in [3.8, 4) is 0 Å². The van der Waals surface area contributed by atoms with Crippen LogP contribution in [0.15, 0.2) is 67.0 Å². The first-order valence-electron chi connectivity index (χ1n) is 7.24. The van der Waals surface area contributed by atoms with Gasteiger partial charge in [-0.05, 0) is 30.2 Å². The van der Waals surface area contributed by atoms with Crippen molar-refractivity contribution in [1.82, 2.24) is 9.97 Å². The average Bonchev–Trinajstić information content (AvgIpc) is 2.55. The first kappa shape index (κ1) is 14.1. The molecule has 0 aliphatic carbocycles. The van der Waals surface area contributed by atoms with Crippen molar-refractivity contribution in [3.05, 3.63) is 78.1 Å². The van der Waals surface area contributed by atoms with E-state index in [0.29, 0.717) is 0 Å². The molecule has 3 rings (SSSR count). The predicted octanol–water partition coefficient (Wildman–Crippen LogP) is 4.14. The van der Waals surface area contributed by atoms with Crippen molar-refractivity contribution in [2.45, 2.75) is 13.5 Å². The zero-order valence-electron chi connectivity index (χ0n) is 12.5. The van der Waals surface area contributed by atoms with Crippen LogP contribution in [0.1, 0.15) is 11.1 Å². The highest BCUT2D eigenvalue weighted by molar-refractivity contribution is 5.58. The van der Waals surface area contributed by atoms with Crippen LogP contribution in [0.2, 0.25) is 0 Å². The molecule has 2 aromatic carbocycles. The number of nitrogens with zero attached hydrogens (tertiary/aromatic N) is 2. The van der Waals surface area contributed by atoms with Gasteiger partial charge in [-0.1, -0.05) is 42.5 Å². The van der Waals surface area contributed by atoms with Gasteiger partial charge in [0.2, 0.25) is 0 Å². The monoisotopic (exact) mass is 290 g/mol. The van der Waals surface area contributed by atoms with Gasteiger partial charge >= 0.3 is 0 Å². The Morgan fingerprint density at radius 2 is 1.59 bits per heavy atom. The van der Waals surface area contributed by atoms with Crippen molar-refractivity contribution in [1.29, 1.82) is 0 Å². The van der Waals surface area contributed by atoms with E-state index < -0.39 is 0 Å². The molecule has 1 aromatic heterocycles. The third-order valence-electron chi connectivity index (χ3n) is 3.43. The fraction of sp³-hybridized carbons (Fsp3) is 0.111. The minimum Gasteiger partial charge on any atom is -0.366 e. The molecule has 0 spiro atoms. The largest absolute Gasteiger partial charge is 0.366 e. The summed E-state index contributed by atoms with van der Waals surface area (Å²) in [6.07, 6.45) is 1.56. The molecule has 0 atom stereocenters. The summed E-state index contributed by atoms with van der Waals surface area (Å²) in [6, 6.07) is 20.2. The van der Waals surface area contributed by atoms with Gasteiger partial charge in [-0.3, -0.25) is 0 Å². The number of aromatic nitrogens is 2. The van der Waals surface area contributed by atoms with Crippen molar-refractivity contribution in [3.63, 3.8) is 0 Å². The second-order valence-electron chi connectivity index (χ2n) is 5.06. The quantitative estimate of drug-likeness (QED) is 0.741. The summed E-state index contributed by atoms with van der Waals surface area (Å²) < 4.78 is 0. The Kier molecular flexibility index (Phi) is 4.30. The standard InChI is InChI=1S/C18H18N4/c1-14-7-5-6-8-15(14)12-19-17-11-18(21-13-20-17)22-16-9-3-2-4-10-16/h2-11,13H,12H2,1H3,(H2,19,20,21,22). The van der Waals surface area contributed by atoms with E-state index in [-0.39, 0.29) is 0 Å². The highest BCUT2D eigenvalue weighted by atomic mass is 15.1. The fourth-order valence-corrected chi connectivity index (χ4v) is 2.19. The summed E-state index contributed by atoms with van der Waals surface area (Å²) >= 11 is 0. The van der Waals surface area contributed by atoms with E-state index in [2.05, 4.69) is 39.7 Å². The van der Waals surface area contributed by atoms with E-state index >= 15 is 0 Å². The first-order chi connectivity index (χ1) is 10.8. The van der Waals surface area contributed by atoms with Crippen molar-refractivity contribution in [2.24, 2.45) is 0 Å². The van der Waals surface area contributed by atoms with Crippen LogP contribution in [0.25, 0.3) is 0 Å². The van der Waals surface area contributed by atoms with Crippen LogP contribution in [-0.2, 0) is 6.54 Å². The molecule has 0 saturated heterocycles. The Hall–Kier alpha value is -2.88. The van der Waals surface area contributed by atoms with Gasteiger partial charge in [-0.2, -0.15) is 0 Å². The third kappa shape index (κ3) is 3.61. The maximum Gasteiger partial charge on any atom is 0.135 e. The number of anilines is 3. The lowest BCUT2D eigenvalue weighted by Crippen LogP contribution is -2.04. The summed E-state index contributed by atoms with van der Waals surface area (Å²) in [7, 11) is 0. The number of hydrogen-bond acceptors (Lipinski definition) is 4. The molecule has 4 heteroatoms. The van der Waals surface area contributed by atoms with E-state index in [0.717, 1.165) is 23.9 Å². The third-order valence-corrected chi connectivity index (χ3v) is 3.43. The smallest absolute Gasteiger partial charge is 0.135 e.